The first-order valence-corrected chi connectivity index (χ1v) is 5.24. The minimum Gasteiger partial charge on any atom is -0.489 e. The molecule has 1 aromatic rings. The molecule has 0 spiro atoms. The Bertz CT molecular complexity index is 347. The number of fused-ring (bicyclic) bond motifs is 1. The van der Waals surface area contributed by atoms with Crippen LogP contribution in [0.1, 0.15) is 25.5 Å². The minimum atomic E-state index is -0.473. The monoisotopic (exact) mass is 208 g/mol. The average Bonchev–Trinajstić information content (AvgIpc) is 2.40. The molecule has 0 saturated heterocycles. The predicted octanol–water partition coefficient (Wildman–Crippen LogP) is 2.15. The van der Waals surface area contributed by atoms with Gasteiger partial charge in [-0.1, -0.05) is 13.0 Å². The van der Waals surface area contributed by atoms with Crippen molar-refractivity contribution in [2.75, 3.05) is 13.2 Å². The van der Waals surface area contributed by atoms with Crippen LogP contribution in [-0.2, 0) is 0 Å². The lowest BCUT2D eigenvalue weighted by Crippen LogP contribution is -2.12. The van der Waals surface area contributed by atoms with E-state index < -0.39 is 6.10 Å². The first kappa shape index (κ1) is 10.3. The van der Waals surface area contributed by atoms with Crippen LogP contribution in [0.3, 0.4) is 0 Å². The number of rotatable bonds is 1. The predicted molar refractivity (Wildman–Crippen MR) is 57.2 cm³/mol. The number of aliphatic hydroxyl groups excluding tert-OH is 1. The van der Waals surface area contributed by atoms with E-state index in [1.807, 2.05) is 18.2 Å². The van der Waals surface area contributed by atoms with Crippen LogP contribution in [-0.4, -0.2) is 18.3 Å². The largest absolute Gasteiger partial charge is 0.489 e. The van der Waals surface area contributed by atoms with Gasteiger partial charge in [-0.05, 0) is 24.6 Å². The molecule has 3 nitrogen and oxygen atoms in total. The molecule has 2 rings (SSSR count). The zero-order chi connectivity index (χ0) is 10.8. The van der Waals surface area contributed by atoms with Gasteiger partial charge < -0.3 is 14.6 Å². The first-order valence-electron chi connectivity index (χ1n) is 5.24. The second-order valence-corrected chi connectivity index (χ2v) is 4.11. The van der Waals surface area contributed by atoms with Gasteiger partial charge >= 0.3 is 0 Å². The van der Waals surface area contributed by atoms with E-state index in [1.165, 1.54) is 0 Å². The molecule has 2 unspecified atom stereocenters. The molecule has 2 atom stereocenters. The summed E-state index contributed by atoms with van der Waals surface area (Å²) in [4.78, 5) is 0. The fourth-order valence-electron chi connectivity index (χ4n) is 1.53. The summed E-state index contributed by atoms with van der Waals surface area (Å²) in [6.45, 7) is 5.17. The zero-order valence-corrected chi connectivity index (χ0v) is 9.06. The smallest absolute Gasteiger partial charge is 0.161 e. The van der Waals surface area contributed by atoms with Crippen molar-refractivity contribution in [3.8, 4) is 11.5 Å². The van der Waals surface area contributed by atoms with E-state index in [4.69, 9.17) is 9.47 Å². The molecule has 0 bridgehead atoms. The van der Waals surface area contributed by atoms with Crippen molar-refractivity contribution in [1.29, 1.82) is 0 Å². The number of benzene rings is 1. The Morgan fingerprint density at radius 3 is 2.60 bits per heavy atom. The van der Waals surface area contributed by atoms with Crippen molar-refractivity contribution in [3.63, 3.8) is 0 Å². The maximum atomic E-state index is 9.45. The third-order valence-electron chi connectivity index (χ3n) is 2.50. The summed E-state index contributed by atoms with van der Waals surface area (Å²) in [7, 11) is 0. The summed E-state index contributed by atoms with van der Waals surface area (Å²) in [6.07, 6.45) is -0.473. The topological polar surface area (TPSA) is 38.7 Å². The van der Waals surface area contributed by atoms with Gasteiger partial charge in [0, 0.05) is 5.92 Å². The summed E-state index contributed by atoms with van der Waals surface area (Å²) >= 11 is 0. The summed E-state index contributed by atoms with van der Waals surface area (Å²) in [5, 5.41) is 9.45. The Morgan fingerprint density at radius 2 is 1.93 bits per heavy atom. The lowest BCUT2D eigenvalue weighted by molar-refractivity contribution is 0.198. The summed E-state index contributed by atoms with van der Waals surface area (Å²) in [6, 6.07) is 5.57. The van der Waals surface area contributed by atoms with E-state index in [9.17, 15) is 5.11 Å². The highest BCUT2D eigenvalue weighted by molar-refractivity contribution is 5.43. The summed E-state index contributed by atoms with van der Waals surface area (Å²) in [5.41, 5.74) is 0.854. The minimum absolute atomic E-state index is 0.396. The lowest BCUT2D eigenvalue weighted by atomic mass is 10.1. The van der Waals surface area contributed by atoms with E-state index in [2.05, 4.69) is 6.92 Å². The summed E-state index contributed by atoms with van der Waals surface area (Å²) in [5.74, 6) is 1.90. The maximum Gasteiger partial charge on any atom is 0.161 e. The molecule has 0 aliphatic carbocycles. The molecular weight excluding hydrogens is 192 g/mol. The Labute approximate surface area is 89.6 Å². The number of hydrogen-bond donors (Lipinski definition) is 1. The highest BCUT2D eigenvalue weighted by atomic mass is 16.5. The fraction of sp³-hybridized carbons (Fsp3) is 0.500. The van der Waals surface area contributed by atoms with E-state index in [0.717, 1.165) is 17.1 Å². The number of hydrogen-bond acceptors (Lipinski definition) is 3. The molecule has 1 heterocycles. The number of aliphatic hydroxyl groups is 1. The summed E-state index contributed by atoms with van der Waals surface area (Å²) < 4.78 is 11.2. The Morgan fingerprint density at radius 1 is 1.27 bits per heavy atom. The van der Waals surface area contributed by atoms with Crippen LogP contribution in [0.2, 0.25) is 0 Å². The third kappa shape index (κ3) is 2.23. The Balaban J connectivity index is 2.28. The fourth-order valence-corrected chi connectivity index (χ4v) is 1.53. The molecule has 1 aliphatic heterocycles. The van der Waals surface area contributed by atoms with Crippen LogP contribution in [0.15, 0.2) is 18.2 Å². The molecule has 82 valence electrons. The standard InChI is InChI=1S/C12H16O3/c1-8-6-14-11-4-3-10(9(2)13)5-12(11)15-7-8/h3-5,8-9,13H,6-7H2,1-2H3. The first-order chi connectivity index (χ1) is 7.16. The van der Waals surface area contributed by atoms with E-state index in [1.54, 1.807) is 6.92 Å². The average molecular weight is 208 g/mol. The van der Waals surface area contributed by atoms with E-state index in [-0.39, 0.29) is 0 Å². The van der Waals surface area contributed by atoms with Crippen molar-refractivity contribution < 1.29 is 14.6 Å². The molecule has 1 aliphatic rings. The van der Waals surface area contributed by atoms with Gasteiger partial charge in [0.2, 0.25) is 0 Å². The van der Waals surface area contributed by atoms with Crippen molar-refractivity contribution in [2.24, 2.45) is 5.92 Å². The van der Waals surface area contributed by atoms with Crippen LogP contribution >= 0.6 is 0 Å². The lowest BCUT2D eigenvalue weighted by Gasteiger charge is -2.10. The maximum absolute atomic E-state index is 9.45. The van der Waals surface area contributed by atoms with Crippen LogP contribution in [0.25, 0.3) is 0 Å². The molecule has 0 fully saturated rings. The molecule has 0 radical (unpaired) electrons. The highest BCUT2D eigenvalue weighted by Crippen LogP contribution is 2.32. The van der Waals surface area contributed by atoms with Crippen molar-refractivity contribution >= 4 is 0 Å². The van der Waals surface area contributed by atoms with Crippen molar-refractivity contribution in [1.82, 2.24) is 0 Å². The molecule has 1 N–H and O–H groups in total. The van der Waals surface area contributed by atoms with Gasteiger partial charge in [0.25, 0.3) is 0 Å². The Hall–Kier alpha value is -1.22. The van der Waals surface area contributed by atoms with Crippen LogP contribution in [0.4, 0.5) is 0 Å². The molecule has 0 saturated carbocycles. The normalized spacial score (nSPS) is 21.9. The molecule has 3 heteroatoms. The second-order valence-electron chi connectivity index (χ2n) is 4.11. The molecule has 0 aromatic heterocycles. The van der Waals surface area contributed by atoms with Crippen LogP contribution < -0.4 is 9.47 Å². The van der Waals surface area contributed by atoms with E-state index >= 15 is 0 Å². The van der Waals surface area contributed by atoms with Crippen LogP contribution in [0.5, 0.6) is 11.5 Å². The zero-order valence-electron chi connectivity index (χ0n) is 9.06. The molecular formula is C12H16O3. The van der Waals surface area contributed by atoms with Gasteiger partial charge in [0.15, 0.2) is 11.5 Å². The van der Waals surface area contributed by atoms with Gasteiger partial charge in [-0.2, -0.15) is 0 Å². The van der Waals surface area contributed by atoms with Crippen molar-refractivity contribution in [2.45, 2.75) is 20.0 Å². The van der Waals surface area contributed by atoms with Gasteiger partial charge in [-0.15, -0.1) is 0 Å². The van der Waals surface area contributed by atoms with Crippen molar-refractivity contribution in [3.05, 3.63) is 23.8 Å². The van der Waals surface area contributed by atoms with Gasteiger partial charge in [-0.25, -0.2) is 0 Å². The molecule has 15 heavy (non-hydrogen) atoms. The molecule has 1 aromatic carbocycles. The number of ether oxygens (including phenoxy) is 2. The molecule has 0 amide bonds. The van der Waals surface area contributed by atoms with Gasteiger partial charge in [0.1, 0.15) is 0 Å². The Kier molecular flexibility index (Phi) is 2.82. The van der Waals surface area contributed by atoms with E-state index in [0.29, 0.717) is 19.1 Å². The third-order valence-corrected chi connectivity index (χ3v) is 2.50. The highest BCUT2D eigenvalue weighted by Gasteiger charge is 2.15. The van der Waals surface area contributed by atoms with Gasteiger partial charge in [0.05, 0.1) is 19.3 Å². The second kappa shape index (κ2) is 4.11. The quantitative estimate of drug-likeness (QED) is 0.768. The van der Waals surface area contributed by atoms with Crippen LogP contribution in [0, 0.1) is 5.92 Å². The van der Waals surface area contributed by atoms with Gasteiger partial charge in [-0.3, -0.25) is 0 Å². The SMILES string of the molecule is CC1COc2ccc(C(C)O)cc2OC1.